The molecular formula is C18H25NO2. The highest BCUT2D eigenvalue weighted by Crippen LogP contribution is 2.17. The van der Waals surface area contributed by atoms with Crippen LogP contribution >= 0.6 is 0 Å². The van der Waals surface area contributed by atoms with Crippen molar-refractivity contribution in [3.63, 3.8) is 0 Å². The van der Waals surface area contributed by atoms with Crippen LogP contribution in [0.3, 0.4) is 0 Å². The third-order valence-electron chi connectivity index (χ3n) is 3.12. The maximum absolute atomic E-state index is 11.0. The Morgan fingerprint density at radius 1 is 1.38 bits per heavy atom. The summed E-state index contributed by atoms with van der Waals surface area (Å²) in [6.45, 7) is 2.60. The molecule has 21 heavy (non-hydrogen) atoms. The molecule has 0 saturated heterocycles. The smallest absolute Gasteiger partial charge is 0.219 e. The average Bonchev–Trinajstić information content (AvgIpc) is 2.50. The van der Waals surface area contributed by atoms with Gasteiger partial charge in [-0.3, -0.25) is 9.59 Å². The summed E-state index contributed by atoms with van der Waals surface area (Å²) in [5, 5.41) is 2.78. The Bertz CT molecular complexity index is 423. The van der Waals surface area contributed by atoms with Crippen molar-refractivity contribution in [1.29, 1.82) is 0 Å². The molecule has 0 radical (unpaired) electrons. The molecule has 0 heterocycles. The highest BCUT2D eigenvalue weighted by molar-refractivity contribution is 5.92. The first-order chi connectivity index (χ1) is 10.2. The molecule has 0 bridgehead atoms. The third kappa shape index (κ3) is 10.4. The van der Waals surface area contributed by atoms with Crippen LogP contribution in [0.4, 0.5) is 0 Å². The second-order valence-corrected chi connectivity index (χ2v) is 4.85. The van der Waals surface area contributed by atoms with Gasteiger partial charge in [0.15, 0.2) is 5.78 Å². The van der Waals surface area contributed by atoms with E-state index < -0.39 is 0 Å². The maximum Gasteiger partial charge on any atom is 0.219 e. The molecule has 1 aliphatic carbocycles. The largest absolute Gasteiger partial charge is 0.356 e. The molecule has 0 aliphatic heterocycles. The summed E-state index contributed by atoms with van der Waals surface area (Å²) in [5.41, 5.74) is 0. The average molecular weight is 287 g/mol. The van der Waals surface area contributed by atoms with Gasteiger partial charge in [0.25, 0.3) is 0 Å². The summed E-state index contributed by atoms with van der Waals surface area (Å²) in [5.74, 6) is 5.49. The molecule has 0 saturated carbocycles. The van der Waals surface area contributed by atoms with E-state index in [-0.39, 0.29) is 17.6 Å². The Morgan fingerprint density at radius 2 is 2.14 bits per heavy atom. The molecule has 1 atom stereocenters. The lowest BCUT2D eigenvalue weighted by Gasteiger charge is -2.12. The predicted molar refractivity (Wildman–Crippen MR) is 86.3 cm³/mol. The minimum atomic E-state index is 0.106. The molecule has 1 aliphatic rings. The fraction of sp³-hybridized carbons (Fsp3) is 0.556. The number of hydrogen-bond acceptors (Lipinski definition) is 2. The van der Waals surface area contributed by atoms with E-state index in [4.69, 9.17) is 12.8 Å². The molecule has 1 rings (SSSR count). The first kappa shape index (κ1) is 19.0. The molecule has 0 fully saturated rings. The molecule has 1 unspecified atom stereocenters. The van der Waals surface area contributed by atoms with Gasteiger partial charge in [-0.25, -0.2) is 0 Å². The minimum absolute atomic E-state index is 0.106. The SMILES string of the molecule is C#CCC1CCC=CC1=O.C#CCCCCNC(=O)CC. The van der Waals surface area contributed by atoms with E-state index >= 15 is 0 Å². The van der Waals surface area contributed by atoms with Crippen LogP contribution in [-0.2, 0) is 9.59 Å². The zero-order valence-corrected chi connectivity index (χ0v) is 12.9. The normalized spacial score (nSPS) is 16.1. The molecule has 0 aromatic carbocycles. The lowest BCUT2D eigenvalue weighted by atomic mass is 9.91. The third-order valence-corrected chi connectivity index (χ3v) is 3.12. The number of carbonyl (C=O) groups is 2. The summed E-state index contributed by atoms with van der Waals surface area (Å²) in [6.07, 6.45) is 19.6. The fourth-order valence-electron chi connectivity index (χ4n) is 1.83. The van der Waals surface area contributed by atoms with Gasteiger partial charge in [0.1, 0.15) is 0 Å². The molecule has 0 aromatic rings. The maximum atomic E-state index is 11.0. The molecule has 3 heteroatoms. The van der Waals surface area contributed by atoms with Gasteiger partial charge in [-0.05, 0) is 31.8 Å². The zero-order valence-electron chi connectivity index (χ0n) is 12.9. The highest BCUT2D eigenvalue weighted by Gasteiger charge is 2.16. The zero-order chi connectivity index (χ0) is 15.9. The Hall–Kier alpha value is -2.00. The summed E-state index contributed by atoms with van der Waals surface area (Å²) in [7, 11) is 0. The van der Waals surface area contributed by atoms with Crippen LogP contribution in [0.15, 0.2) is 12.2 Å². The van der Waals surface area contributed by atoms with Gasteiger partial charge in [-0.1, -0.05) is 13.0 Å². The number of carbonyl (C=O) groups excluding carboxylic acids is 2. The number of allylic oxidation sites excluding steroid dienone is 2. The van der Waals surface area contributed by atoms with E-state index in [9.17, 15) is 9.59 Å². The van der Waals surface area contributed by atoms with Crippen LogP contribution in [-0.4, -0.2) is 18.2 Å². The van der Waals surface area contributed by atoms with E-state index in [2.05, 4.69) is 17.2 Å². The van der Waals surface area contributed by atoms with Crippen molar-refractivity contribution in [3.05, 3.63) is 12.2 Å². The van der Waals surface area contributed by atoms with E-state index in [0.29, 0.717) is 12.8 Å². The van der Waals surface area contributed by atoms with E-state index in [1.165, 1.54) is 0 Å². The Balaban J connectivity index is 0.000000382. The lowest BCUT2D eigenvalue weighted by molar-refractivity contribution is -0.121. The number of rotatable bonds is 6. The van der Waals surface area contributed by atoms with Gasteiger partial charge in [0, 0.05) is 31.7 Å². The summed E-state index contributed by atoms with van der Waals surface area (Å²) >= 11 is 0. The van der Waals surface area contributed by atoms with Crippen molar-refractivity contribution in [2.45, 2.75) is 51.9 Å². The summed E-state index contributed by atoms with van der Waals surface area (Å²) < 4.78 is 0. The molecule has 1 amide bonds. The number of ketones is 1. The van der Waals surface area contributed by atoms with Crippen LogP contribution in [0.25, 0.3) is 0 Å². The highest BCUT2D eigenvalue weighted by atomic mass is 16.1. The van der Waals surface area contributed by atoms with Crippen molar-refractivity contribution in [3.8, 4) is 24.7 Å². The topological polar surface area (TPSA) is 46.2 Å². The monoisotopic (exact) mass is 287 g/mol. The van der Waals surface area contributed by atoms with Gasteiger partial charge < -0.3 is 5.32 Å². The van der Waals surface area contributed by atoms with Gasteiger partial charge in [-0.15, -0.1) is 24.7 Å². The lowest BCUT2D eigenvalue weighted by Crippen LogP contribution is -2.22. The van der Waals surface area contributed by atoms with Crippen molar-refractivity contribution >= 4 is 11.7 Å². The van der Waals surface area contributed by atoms with Crippen molar-refractivity contribution in [1.82, 2.24) is 5.32 Å². The minimum Gasteiger partial charge on any atom is -0.356 e. The van der Waals surface area contributed by atoms with Crippen LogP contribution in [0.2, 0.25) is 0 Å². The molecule has 0 spiro atoms. The van der Waals surface area contributed by atoms with E-state index in [1.54, 1.807) is 6.08 Å². The first-order valence-electron chi connectivity index (χ1n) is 7.49. The Labute approximate surface area is 128 Å². The van der Waals surface area contributed by atoms with E-state index in [1.807, 2.05) is 13.0 Å². The van der Waals surface area contributed by atoms with Crippen LogP contribution < -0.4 is 5.32 Å². The quantitative estimate of drug-likeness (QED) is 0.603. The molecule has 0 aromatic heterocycles. The summed E-state index contributed by atoms with van der Waals surface area (Å²) in [4.78, 5) is 21.7. The molecule has 3 nitrogen and oxygen atoms in total. The summed E-state index contributed by atoms with van der Waals surface area (Å²) in [6, 6.07) is 0. The van der Waals surface area contributed by atoms with Crippen LogP contribution in [0.1, 0.15) is 51.9 Å². The van der Waals surface area contributed by atoms with Gasteiger partial charge >= 0.3 is 0 Å². The van der Waals surface area contributed by atoms with Crippen molar-refractivity contribution in [2.75, 3.05) is 6.54 Å². The molecule has 114 valence electrons. The van der Waals surface area contributed by atoms with Crippen LogP contribution in [0, 0.1) is 30.6 Å². The second kappa shape index (κ2) is 13.0. The Kier molecular flexibility index (Phi) is 11.8. The Morgan fingerprint density at radius 3 is 2.71 bits per heavy atom. The van der Waals surface area contributed by atoms with Gasteiger partial charge in [0.2, 0.25) is 5.91 Å². The first-order valence-corrected chi connectivity index (χ1v) is 7.49. The molecular weight excluding hydrogens is 262 g/mol. The number of nitrogens with one attached hydrogen (secondary N) is 1. The fourth-order valence-corrected chi connectivity index (χ4v) is 1.83. The number of hydrogen-bond donors (Lipinski definition) is 1. The second-order valence-electron chi connectivity index (χ2n) is 4.85. The van der Waals surface area contributed by atoms with Crippen molar-refractivity contribution in [2.24, 2.45) is 5.92 Å². The molecule has 1 N–H and O–H groups in total. The number of terminal acetylenes is 2. The van der Waals surface area contributed by atoms with E-state index in [0.717, 1.165) is 38.6 Å². The van der Waals surface area contributed by atoms with Gasteiger partial charge in [0.05, 0.1) is 0 Å². The van der Waals surface area contributed by atoms with Crippen LogP contribution in [0.5, 0.6) is 0 Å². The predicted octanol–water partition coefficient (Wildman–Crippen LogP) is 2.86. The van der Waals surface area contributed by atoms with Crippen molar-refractivity contribution < 1.29 is 9.59 Å². The number of unbranched alkanes of at least 4 members (excludes halogenated alkanes) is 2. The standard InChI is InChI=1S/C9H15NO.C9H10O/c1-3-5-6-7-8-10-9(11)4-2;1-2-5-8-6-3-4-7-9(8)10/h1H,4-8H2,2H3,(H,10,11);1,4,7-8H,3,5-6H2. The van der Waals surface area contributed by atoms with Gasteiger partial charge in [-0.2, -0.15) is 0 Å². The number of amides is 1.